The summed E-state index contributed by atoms with van der Waals surface area (Å²) in [6, 6.07) is 17.4. The zero-order valence-electron chi connectivity index (χ0n) is 13.2. The van der Waals surface area contributed by atoms with Gasteiger partial charge in [0.1, 0.15) is 0 Å². The smallest absolute Gasteiger partial charge is 0.225 e. The summed E-state index contributed by atoms with van der Waals surface area (Å²) in [5.74, 6) is 0.434. The summed E-state index contributed by atoms with van der Waals surface area (Å²) < 4.78 is 5.23. The Morgan fingerprint density at radius 2 is 1.96 bits per heavy atom. The number of methoxy groups -OCH3 is 1. The van der Waals surface area contributed by atoms with Gasteiger partial charge in [0.2, 0.25) is 5.91 Å². The highest BCUT2D eigenvalue weighted by Gasteiger charge is 2.28. The fourth-order valence-corrected chi connectivity index (χ4v) is 3.46. The van der Waals surface area contributed by atoms with Gasteiger partial charge >= 0.3 is 0 Å². The van der Waals surface area contributed by atoms with Crippen molar-refractivity contribution in [3.05, 3.63) is 65.7 Å². The van der Waals surface area contributed by atoms with Crippen LogP contribution in [0.3, 0.4) is 0 Å². The highest BCUT2D eigenvalue weighted by Crippen LogP contribution is 2.43. The molecule has 120 valence electrons. The number of phenolic OH excluding ortho intramolecular Hbond substituents is 1. The summed E-state index contributed by atoms with van der Waals surface area (Å²) in [4.78, 5) is 12.2. The van der Waals surface area contributed by atoms with Crippen molar-refractivity contribution in [2.24, 2.45) is 0 Å². The number of amides is 1. The van der Waals surface area contributed by atoms with Crippen LogP contribution in [0.2, 0.25) is 0 Å². The van der Waals surface area contributed by atoms with Crippen LogP contribution in [0.5, 0.6) is 11.5 Å². The van der Waals surface area contributed by atoms with Crippen molar-refractivity contribution >= 4 is 22.4 Å². The number of hydrogen-bond donors (Lipinski definition) is 2. The molecule has 0 spiro atoms. The Kier molecular flexibility index (Phi) is 3.38. The number of carbonyl (C=O) groups excluding carboxylic acids is 1. The van der Waals surface area contributed by atoms with Gasteiger partial charge in [0, 0.05) is 18.0 Å². The number of ether oxygens (including phenoxy) is 1. The first-order chi connectivity index (χ1) is 11.7. The maximum absolute atomic E-state index is 12.2. The fourth-order valence-electron chi connectivity index (χ4n) is 3.46. The normalized spacial score (nSPS) is 16.5. The molecule has 4 heteroatoms. The molecular formula is C20H17NO3. The second kappa shape index (κ2) is 5.57. The highest BCUT2D eigenvalue weighted by atomic mass is 16.5. The first kappa shape index (κ1) is 14.6. The Hall–Kier alpha value is -3.01. The number of benzene rings is 3. The first-order valence-corrected chi connectivity index (χ1v) is 7.86. The predicted molar refractivity (Wildman–Crippen MR) is 93.7 cm³/mol. The molecule has 4 rings (SSSR count). The molecule has 2 N–H and O–H groups in total. The molecule has 0 bridgehead atoms. The van der Waals surface area contributed by atoms with Crippen LogP contribution in [0, 0.1) is 0 Å². The van der Waals surface area contributed by atoms with Crippen LogP contribution in [0.1, 0.15) is 23.5 Å². The molecule has 0 unspecified atom stereocenters. The van der Waals surface area contributed by atoms with Crippen molar-refractivity contribution in [1.29, 1.82) is 0 Å². The van der Waals surface area contributed by atoms with E-state index in [0.29, 0.717) is 12.2 Å². The van der Waals surface area contributed by atoms with Gasteiger partial charge in [0.05, 0.1) is 7.11 Å². The van der Waals surface area contributed by atoms with Crippen molar-refractivity contribution in [3.8, 4) is 11.5 Å². The van der Waals surface area contributed by atoms with Crippen molar-refractivity contribution in [3.63, 3.8) is 0 Å². The number of carbonyl (C=O) groups is 1. The molecule has 1 aliphatic rings. The number of fused-ring (bicyclic) bond motifs is 3. The van der Waals surface area contributed by atoms with E-state index < -0.39 is 0 Å². The zero-order valence-corrected chi connectivity index (χ0v) is 13.2. The standard InChI is InChI=1S/C20H17NO3/c1-24-18-10-13(7-9-17(18)22)15-11-19(23)21-16-8-6-12-4-2-3-5-14(12)20(15)16/h2-10,15,22H,11H2,1H3,(H,21,23)/t15-/m0/s1. The lowest BCUT2D eigenvalue weighted by molar-refractivity contribution is -0.116. The van der Waals surface area contributed by atoms with Gasteiger partial charge in [-0.1, -0.05) is 36.4 Å². The second-order valence-electron chi connectivity index (χ2n) is 5.98. The van der Waals surface area contributed by atoms with Crippen LogP contribution in [-0.2, 0) is 4.79 Å². The number of nitrogens with one attached hydrogen (secondary N) is 1. The minimum Gasteiger partial charge on any atom is -0.504 e. The zero-order chi connectivity index (χ0) is 16.7. The fraction of sp³-hybridized carbons (Fsp3) is 0.150. The second-order valence-corrected chi connectivity index (χ2v) is 5.98. The number of anilines is 1. The van der Waals surface area contributed by atoms with E-state index in [4.69, 9.17) is 4.74 Å². The molecule has 1 atom stereocenters. The van der Waals surface area contributed by atoms with Crippen LogP contribution < -0.4 is 10.1 Å². The molecule has 0 radical (unpaired) electrons. The molecule has 0 fully saturated rings. The molecule has 3 aromatic rings. The van der Waals surface area contributed by atoms with Gasteiger partial charge in [-0.3, -0.25) is 4.79 Å². The maximum atomic E-state index is 12.2. The first-order valence-electron chi connectivity index (χ1n) is 7.86. The Labute approximate surface area is 139 Å². The van der Waals surface area contributed by atoms with E-state index in [1.807, 2.05) is 36.4 Å². The Morgan fingerprint density at radius 1 is 1.12 bits per heavy atom. The Bertz CT molecular complexity index is 949. The highest BCUT2D eigenvalue weighted by molar-refractivity contribution is 6.01. The third kappa shape index (κ3) is 2.27. The molecule has 0 aliphatic carbocycles. The van der Waals surface area contributed by atoms with Gasteiger partial charge in [0.15, 0.2) is 11.5 Å². The van der Waals surface area contributed by atoms with Crippen LogP contribution in [-0.4, -0.2) is 18.1 Å². The minimum atomic E-state index is -0.0747. The third-order valence-corrected chi connectivity index (χ3v) is 4.59. The Morgan fingerprint density at radius 3 is 2.79 bits per heavy atom. The molecule has 4 nitrogen and oxygen atoms in total. The summed E-state index contributed by atoms with van der Waals surface area (Å²) in [5, 5.41) is 15.1. The number of phenols is 1. The third-order valence-electron chi connectivity index (χ3n) is 4.59. The van der Waals surface area contributed by atoms with E-state index >= 15 is 0 Å². The molecule has 0 saturated heterocycles. The summed E-state index contributed by atoms with van der Waals surface area (Å²) in [6.07, 6.45) is 0.370. The van der Waals surface area contributed by atoms with E-state index in [9.17, 15) is 9.90 Å². The molecule has 0 aromatic heterocycles. The summed E-state index contributed by atoms with van der Waals surface area (Å²) in [6.45, 7) is 0. The van der Waals surface area contributed by atoms with Crippen molar-refractivity contribution in [1.82, 2.24) is 0 Å². The van der Waals surface area contributed by atoms with Crippen molar-refractivity contribution in [2.45, 2.75) is 12.3 Å². The van der Waals surface area contributed by atoms with E-state index in [0.717, 1.165) is 27.6 Å². The van der Waals surface area contributed by atoms with Crippen LogP contribution in [0.25, 0.3) is 10.8 Å². The van der Waals surface area contributed by atoms with E-state index in [-0.39, 0.29) is 17.6 Å². The van der Waals surface area contributed by atoms with Gasteiger partial charge in [-0.15, -0.1) is 0 Å². The Balaban J connectivity index is 1.95. The van der Waals surface area contributed by atoms with Crippen LogP contribution in [0.15, 0.2) is 54.6 Å². The van der Waals surface area contributed by atoms with Gasteiger partial charge < -0.3 is 15.2 Å². The monoisotopic (exact) mass is 319 g/mol. The lowest BCUT2D eigenvalue weighted by Gasteiger charge is -2.28. The summed E-state index contributed by atoms with van der Waals surface area (Å²) in [5.41, 5.74) is 2.92. The molecule has 3 aromatic carbocycles. The molecule has 0 saturated carbocycles. The molecule has 1 amide bonds. The van der Waals surface area contributed by atoms with Gasteiger partial charge in [-0.25, -0.2) is 0 Å². The molecule has 1 aliphatic heterocycles. The van der Waals surface area contributed by atoms with E-state index in [1.165, 1.54) is 7.11 Å². The van der Waals surface area contributed by atoms with Crippen molar-refractivity contribution in [2.75, 3.05) is 12.4 Å². The summed E-state index contributed by atoms with van der Waals surface area (Å²) >= 11 is 0. The van der Waals surface area contributed by atoms with Gasteiger partial charge in [-0.2, -0.15) is 0 Å². The average Bonchev–Trinajstić information content (AvgIpc) is 2.61. The molecule has 1 heterocycles. The lowest BCUT2D eigenvalue weighted by Crippen LogP contribution is -2.23. The van der Waals surface area contributed by atoms with Gasteiger partial charge in [-0.05, 0) is 40.1 Å². The number of aromatic hydroxyl groups is 1. The summed E-state index contributed by atoms with van der Waals surface area (Å²) in [7, 11) is 1.52. The largest absolute Gasteiger partial charge is 0.504 e. The van der Waals surface area contributed by atoms with Crippen LogP contribution in [0.4, 0.5) is 5.69 Å². The van der Waals surface area contributed by atoms with Crippen molar-refractivity contribution < 1.29 is 14.6 Å². The predicted octanol–water partition coefficient (Wildman–Crippen LogP) is 4.03. The SMILES string of the molecule is COc1cc([C@@H]2CC(=O)Nc3ccc4ccccc4c32)ccc1O. The van der Waals surface area contributed by atoms with E-state index in [1.54, 1.807) is 6.07 Å². The maximum Gasteiger partial charge on any atom is 0.225 e. The minimum absolute atomic E-state index is 0.00479. The lowest BCUT2D eigenvalue weighted by atomic mass is 9.82. The molecular weight excluding hydrogens is 302 g/mol. The topological polar surface area (TPSA) is 58.6 Å². The van der Waals surface area contributed by atoms with Crippen LogP contribution >= 0.6 is 0 Å². The average molecular weight is 319 g/mol. The number of rotatable bonds is 2. The van der Waals surface area contributed by atoms with Gasteiger partial charge in [0.25, 0.3) is 0 Å². The number of hydrogen-bond acceptors (Lipinski definition) is 3. The van der Waals surface area contributed by atoms with E-state index in [2.05, 4.69) is 17.4 Å². The molecule has 24 heavy (non-hydrogen) atoms. The quantitative estimate of drug-likeness (QED) is 0.750.